The highest BCUT2D eigenvalue weighted by Gasteiger charge is 2.31. The summed E-state index contributed by atoms with van der Waals surface area (Å²) in [5, 5.41) is 3.21. The Kier molecular flexibility index (Phi) is 4.57. The molecule has 1 aromatic carbocycles. The van der Waals surface area contributed by atoms with E-state index in [-0.39, 0.29) is 17.5 Å². The van der Waals surface area contributed by atoms with Crippen LogP contribution in [0.4, 0.5) is 17.3 Å². The van der Waals surface area contributed by atoms with Crippen LogP contribution in [-0.2, 0) is 9.84 Å². The monoisotopic (exact) mass is 348 g/mol. The Hall–Kier alpha value is -2.35. The van der Waals surface area contributed by atoms with Crippen molar-refractivity contribution in [1.29, 1.82) is 0 Å². The molecule has 24 heavy (non-hydrogen) atoms. The molecule has 1 saturated heterocycles. The summed E-state index contributed by atoms with van der Waals surface area (Å²) in [4.78, 5) is 10.4. The van der Waals surface area contributed by atoms with Crippen LogP contribution in [0.1, 0.15) is 6.42 Å². The second-order valence-electron chi connectivity index (χ2n) is 5.78. The fraction of sp³-hybridized carbons (Fsp3) is 0.375. The van der Waals surface area contributed by atoms with E-state index >= 15 is 0 Å². The van der Waals surface area contributed by atoms with Gasteiger partial charge in [-0.05, 0) is 30.7 Å². The van der Waals surface area contributed by atoms with Crippen molar-refractivity contribution in [3.05, 3.63) is 36.7 Å². The van der Waals surface area contributed by atoms with E-state index in [4.69, 9.17) is 4.74 Å². The lowest BCUT2D eigenvalue weighted by molar-refractivity contribution is 0.415. The minimum atomic E-state index is -2.93. The van der Waals surface area contributed by atoms with Crippen LogP contribution in [-0.4, -0.2) is 50.1 Å². The summed E-state index contributed by atoms with van der Waals surface area (Å²) in [6.07, 6.45) is 2.10. The summed E-state index contributed by atoms with van der Waals surface area (Å²) < 4.78 is 28.4. The zero-order chi connectivity index (χ0) is 17.2. The Labute approximate surface area is 141 Å². The SMILES string of the molecule is COc1ccc(Nc2cc(N(C)C3CCS(=O)(=O)C3)ncn2)cc1. The van der Waals surface area contributed by atoms with Crippen molar-refractivity contribution < 1.29 is 13.2 Å². The first kappa shape index (κ1) is 16.5. The topological polar surface area (TPSA) is 84.4 Å². The Bertz CT molecular complexity index is 808. The number of methoxy groups -OCH3 is 1. The number of sulfone groups is 1. The first-order valence-electron chi connectivity index (χ1n) is 7.63. The molecule has 0 radical (unpaired) electrons. The highest BCUT2D eigenvalue weighted by molar-refractivity contribution is 7.91. The van der Waals surface area contributed by atoms with Crippen LogP contribution in [0.15, 0.2) is 36.7 Å². The lowest BCUT2D eigenvalue weighted by atomic mass is 10.2. The fourth-order valence-electron chi connectivity index (χ4n) is 2.70. The lowest BCUT2D eigenvalue weighted by Gasteiger charge is -2.24. The number of aromatic nitrogens is 2. The summed E-state index contributed by atoms with van der Waals surface area (Å²) in [5.74, 6) is 2.55. The van der Waals surface area contributed by atoms with Gasteiger partial charge in [-0.2, -0.15) is 0 Å². The number of nitrogens with zero attached hydrogens (tertiary/aromatic N) is 3. The third-order valence-corrected chi connectivity index (χ3v) is 5.88. The van der Waals surface area contributed by atoms with Gasteiger partial charge in [0.15, 0.2) is 9.84 Å². The maximum absolute atomic E-state index is 11.7. The van der Waals surface area contributed by atoms with E-state index in [9.17, 15) is 8.42 Å². The first-order valence-corrected chi connectivity index (χ1v) is 9.45. The fourth-order valence-corrected chi connectivity index (χ4v) is 4.47. The standard InChI is InChI=1S/C16H20N4O3S/c1-20(13-7-8-24(21,22)10-13)16-9-15(17-11-18-16)19-12-3-5-14(23-2)6-4-12/h3-6,9,11,13H,7-8,10H2,1-2H3,(H,17,18,19). The molecule has 0 amide bonds. The summed E-state index contributed by atoms with van der Waals surface area (Å²) in [7, 11) is 0.563. The Morgan fingerprint density at radius 2 is 2.00 bits per heavy atom. The van der Waals surface area contributed by atoms with E-state index < -0.39 is 9.84 Å². The highest BCUT2D eigenvalue weighted by Crippen LogP contribution is 2.24. The van der Waals surface area contributed by atoms with Gasteiger partial charge in [-0.15, -0.1) is 0 Å². The average Bonchev–Trinajstić information content (AvgIpc) is 2.95. The zero-order valence-electron chi connectivity index (χ0n) is 13.6. The normalized spacial score (nSPS) is 19.0. The molecule has 0 aliphatic carbocycles. The lowest BCUT2D eigenvalue weighted by Crippen LogP contribution is -2.33. The van der Waals surface area contributed by atoms with Crippen molar-refractivity contribution in [3.63, 3.8) is 0 Å². The number of benzene rings is 1. The average molecular weight is 348 g/mol. The van der Waals surface area contributed by atoms with Gasteiger partial charge in [0.25, 0.3) is 0 Å². The summed E-state index contributed by atoms with van der Waals surface area (Å²) >= 11 is 0. The summed E-state index contributed by atoms with van der Waals surface area (Å²) in [6, 6.07) is 9.29. The molecule has 1 aromatic heterocycles. The molecule has 1 aliphatic heterocycles. The van der Waals surface area contributed by atoms with Crippen LogP contribution in [0.5, 0.6) is 5.75 Å². The minimum absolute atomic E-state index is 0.0428. The zero-order valence-corrected chi connectivity index (χ0v) is 14.5. The van der Waals surface area contributed by atoms with Gasteiger partial charge in [0, 0.05) is 24.8 Å². The molecule has 1 aliphatic rings. The number of ether oxygens (including phenoxy) is 1. The molecule has 128 valence electrons. The van der Waals surface area contributed by atoms with Crippen LogP contribution < -0.4 is 15.0 Å². The van der Waals surface area contributed by atoms with Gasteiger partial charge in [0.2, 0.25) is 0 Å². The predicted molar refractivity (Wildman–Crippen MR) is 93.8 cm³/mol. The Balaban J connectivity index is 1.73. The molecule has 8 heteroatoms. The molecule has 2 aromatic rings. The maximum atomic E-state index is 11.7. The van der Waals surface area contributed by atoms with E-state index in [0.29, 0.717) is 18.1 Å². The van der Waals surface area contributed by atoms with Crippen molar-refractivity contribution >= 4 is 27.2 Å². The largest absolute Gasteiger partial charge is 0.497 e. The Morgan fingerprint density at radius 1 is 1.25 bits per heavy atom. The molecule has 7 nitrogen and oxygen atoms in total. The predicted octanol–water partition coefficient (Wildman–Crippen LogP) is 1.85. The van der Waals surface area contributed by atoms with E-state index in [2.05, 4.69) is 15.3 Å². The number of hydrogen-bond acceptors (Lipinski definition) is 7. The molecule has 1 unspecified atom stereocenters. The van der Waals surface area contributed by atoms with E-state index in [1.54, 1.807) is 7.11 Å². The van der Waals surface area contributed by atoms with Gasteiger partial charge < -0.3 is 15.0 Å². The van der Waals surface area contributed by atoms with Crippen molar-refractivity contribution in [1.82, 2.24) is 9.97 Å². The molecule has 0 bridgehead atoms. The van der Waals surface area contributed by atoms with Crippen LogP contribution in [0, 0.1) is 0 Å². The number of rotatable bonds is 5. The first-order chi connectivity index (χ1) is 11.5. The molecular formula is C16H20N4O3S. The van der Waals surface area contributed by atoms with E-state index in [0.717, 1.165) is 11.4 Å². The molecule has 1 atom stereocenters. The van der Waals surface area contributed by atoms with Crippen molar-refractivity contribution in [2.75, 3.05) is 35.9 Å². The van der Waals surface area contributed by atoms with E-state index in [1.807, 2.05) is 42.3 Å². The van der Waals surface area contributed by atoms with Gasteiger partial charge in [0.1, 0.15) is 23.7 Å². The third-order valence-electron chi connectivity index (χ3n) is 4.13. The molecular weight excluding hydrogens is 328 g/mol. The van der Waals surface area contributed by atoms with Gasteiger partial charge in [-0.1, -0.05) is 0 Å². The number of hydrogen-bond donors (Lipinski definition) is 1. The third kappa shape index (κ3) is 3.76. The van der Waals surface area contributed by atoms with Crippen molar-refractivity contribution in [3.8, 4) is 5.75 Å². The summed E-state index contributed by atoms with van der Waals surface area (Å²) in [5.41, 5.74) is 0.881. The van der Waals surface area contributed by atoms with Crippen molar-refractivity contribution in [2.24, 2.45) is 0 Å². The smallest absolute Gasteiger partial charge is 0.152 e. The molecule has 1 fully saturated rings. The molecule has 3 rings (SSSR count). The molecule has 2 heterocycles. The molecule has 0 spiro atoms. The van der Waals surface area contributed by atoms with Crippen LogP contribution >= 0.6 is 0 Å². The quantitative estimate of drug-likeness (QED) is 0.882. The van der Waals surface area contributed by atoms with Crippen LogP contribution in [0.25, 0.3) is 0 Å². The second-order valence-corrected chi connectivity index (χ2v) is 8.01. The molecule has 1 N–H and O–H groups in total. The Morgan fingerprint density at radius 3 is 2.62 bits per heavy atom. The van der Waals surface area contributed by atoms with Gasteiger partial charge in [-0.3, -0.25) is 0 Å². The second kappa shape index (κ2) is 6.64. The van der Waals surface area contributed by atoms with Crippen LogP contribution in [0.3, 0.4) is 0 Å². The van der Waals surface area contributed by atoms with Crippen molar-refractivity contribution in [2.45, 2.75) is 12.5 Å². The van der Waals surface area contributed by atoms with Gasteiger partial charge >= 0.3 is 0 Å². The van der Waals surface area contributed by atoms with Gasteiger partial charge in [-0.25, -0.2) is 18.4 Å². The highest BCUT2D eigenvalue weighted by atomic mass is 32.2. The molecule has 0 saturated carbocycles. The van der Waals surface area contributed by atoms with Crippen LogP contribution in [0.2, 0.25) is 0 Å². The maximum Gasteiger partial charge on any atom is 0.152 e. The van der Waals surface area contributed by atoms with Gasteiger partial charge in [0.05, 0.1) is 18.6 Å². The number of anilines is 3. The summed E-state index contributed by atoms with van der Waals surface area (Å²) in [6.45, 7) is 0. The minimum Gasteiger partial charge on any atom is -0.497 e. The number of nitrogens with one attached hydrogen (secondary N) is 1. The van der Waals surface area contributed by atoms with E-state index in [1.165, 1.54) is 6.33 Å².